The van der Waals surface area contributed by atoms with E-state index in [0.29, 0.717) is 40.7 Å². The standard InChI is InChI=1S/C21H14ClF3N6/c1-11-17(14-5-6-27-16-9-12(22)3-4-13(14)16)20(30-7-2-8-30)31-19(28-11)15(10-26)18(29-31)21(23,24)25/h3-6,9H,2,7-8H2,1H3. The van der Waals surface area contributed by atoms with Gasteiger partial charge in [0.25, 0.3) is 0 Å². The summed E-state index contributed by atoms with van der Waals surface area (Å²) in [4.78, 5) is 10.7. The van der Waals surface area contributed by atoms with Crippen molar-refractivity contribution in [2.45, 2.75) is 19.5 Å². The van der Waals surface area contributed by atoms with Crippen molar-refractivity contribution >= 4 is 34.0 Å². The minimum absolute atomic E-state index is 0.0978. The van der Waals surface area contributed by atoms with E-state index in [9.17, 15) is 18.4 Å². The predicted octanol–water partition coefficient (Wildman–Crippen LogP) is 5.01. The number of nitrogens with zero attached hydrogens (tertiary/aromatic N) is 6. The van der Waals surface area contributed by atoms with Crippen LogP contribution in [-0.4, -0.2) is 32.7 Å². The average molecular weight is 443 g/mol. The summed E-state index contributed by atoms with van der Waals surface area (Å²) in [6, 6.07) is 8.74. The molecule has 0 atom stereocenters. The molecular formula is C21H14ClF3N6. The lowest BCUT2D eigenvalue weighted by atomic mass is 9.99. The summed E-state index contributed by atoms with van der Waals surface area (Å²) >= 11 is 6.11. The van der Waals surface area contributed by atoms with Gasteiger partial charge in [0, 0.05) is 35.3 Å². The molecule has 1 saturated heterocycles. The van der Waals surface area contributed by atoms with Gasteiger partial charge in [-0.2, -0.15) is 28.0 Å². The molecule has 0 N–H and O–H groups in total. The number of halogens is 4. The topological polar surface area (TPSA) is 70.1 Å². The minimum Gasteiger partial charge on any atom is -0.356 e. The molecule has 1 fully saturated rings. The number of hydrogen-bond acceptors (Lipinski definition) is 5. The van der Waals surface area contributed by atoms with Gasteiger partial charge in [0.15, 0.2) is 11.3 Å². The number of nitriles is 1. The SMILES string of the molecule is Cc1nc2c(C#N)c(C(F)(F)F)nn2c(N2CCC2)c1-c1ccnc2cc(Cl)ccc12. The van der Waals surface area contributed by atoms with Crippen LogP contribution in [-0.2, 0) is 6.18 Å². The van der Waals surface area contributed by atoms with Crippen LogP contribution in [0.5, 0.6) is 0 Å². The van der Waals surface area contributed by atoms with Crippen molar-refractivity contribution < 1.29 is 13.2 Å². The van der Waals surface area contributed by atoms with E-state index in [-0.39, 0.29) is 5.65 Å². The average Bonchev–Trinajstić information content (AvgIpc) is 3.05. The van der Waals surface area contributed by atoms with Crippen molar-refractivity contribution in [2.24, 2.45) is 0 Å². The van der Waals surface area contributed by atoms with Gasteiger partial charge >= 0.3 is 6.18 Å². The molecule has 5 rings (SSSR count). The van der Waals surface area contributed by atoms with Crippen LogP contribution in [0, 0.1) is 18.3 Å². The number of benzene rings is 1. The van der Waals surface area contributed by atoms with E-state index in [0.717, 1.165) is 21.9 Å². The van der Waals surface area contributed by atoms with Crippen molar-refractivity contribution in [2.75, 3.05) is 18.0 Å². The first kappa shape index (κ1) is 19.6. The van der Waals surface area contributed by atoms with Gasteiger partial charge in [-0.15, -0.1) is 0 Å². The van der Waals surface area contributed by atoms with E-state index < -0.39 is 17.4 Å². The van der Waals surface area contributed by atoms with Crippen LogP contribution in [0.3, 0.4) is 0 Å². The number of alkyl halides is 3. The number of aromatic nitrogens is 4. The number of hydrogen-bond donors (Lipinski definition) is 0. The van der Waals surface area contributed by atoms with Gasteiger partial charge in [0.05, 0.1) is 11.2 Å². The fraction of sp³-hybridized carbons (Fsp3) is 0.238. The summed E-state index contributed by atoms with van der Waals surface area (Å²) in [6.07, 6.45) is -2.23. The van der Waals surface area contributed by atoms with Crippen molar-refractivity contribution in [1.29, 1.82) is 5.26 Å². The molecule has 31 heavy (non-hydrogen) atoms. The number of aryl methyl sites for hydroxylation is 1. The molecule has 10 heteroatoms. The second-order valence-electron chi connectivity index (χ2n) is 7.32. The summed E-state index contributed by atoms with van der Waals surface area (Å²) < 4.78 is 41.9. The number of rotatable bonds is 2. The first-order valence-corrected chi connectivity index (χ1v) is 9.87. The molecule has 1 aromatic carbocycles. The predicted molar refractivity (Wildman–Crippen MR) is 110 cm³/mol. The molecule has 1 aliphatic heterocycles. The Morgan fingerprint density at radius 2 is 1.97 bits per heavy atom. The lowest BCUT2D eigenvalue weighted by Gasteiger charge is -2.35. The fourth-order valence-corrected chi connectivity index (χ4v) is 4.08. The molecule has 4 aromatic rings. The molecule has 0 bridgehead atoms. The van der Waals surface area contributed by atoms with E-state index in [1.165, 1.54) is 0 Å². The second-order valence-corrected chi connectivity index (χ2v) is 7.76. The number of fused-ring (bicyclic) bond motifs is 2. The molecule has 3 aromatic heterocycles. The third-order valence-corrected chi connectivity index (χ3v) is 5.67. The molecule has 0 aliphatic carbocycles. The Kier molecular flexibility index (Phi) is 4.31. The summed E-state index contributed by atoms with van der Waals surface area (Å²) in [6.45, 7) is 3.06. The van der Waals surface area contributed by atoms with Crippen LogP contribution in [0.25, 0.3) is 27.7 Å². The van der Waals surface area contributed by atoms with E-state index >= 15 is 0 Å². The lowest BCUT2D eigenvalue weighted by Crippen LogP contribution is -2.39. The lowest BCUT2D eigenvalue weighted by molar-refractivity contribution is -0.141. The van der Waals surface area contributed by atoms with Crippen LogP contribution in [0.1, 0.15) is 23.4 Å². The normalized spacial score (nSPS) is 14.1. The fourth-order valence-electron chi connectivity index (χ4n) is 3.92. The molecule has 156 valence electrons. The highest BCUT2D eigenvalue weighted by molar-refractivity contribution is 6.31. The maximum Gasteiger partial charge on any atom is 0.436 e. The van der Waals surface area contributed by atoms with Gasteiger partial charge in [-0.1, -0.05) is 17.7 Å². The molecule has 0 spiro atoms. The Morgan fingerprint density at radius 1 is 1.19 bits per heavy atom. The van der Waals surface area contributed by atoms with Crippen molar-refractivity contribution in [3.8, 4) is 17.2 Å². The molecule has 0 saturated carbocycles. The van der Waals surface area contributed by atoms with E-state index in [4.69, 9.17) is 11.6 Å². The Labute approximate surface area is 179 Å². The van der Waals surface area contributed by atoms with Crippen LogP contribution < -0.4 is 4.90 Å². The first-order valence-electron chi connectivity index (χ1n) is 9.50. The summed E-state index contributed by atoms with van der Waals surface area (Å²) in [7, 11) is 0. The maximum atomic E-state index is 13.6. The zero-order valence-electron chi connectivity index (χ0n) is 16.2. The number of anilines is 1. The largest absolute Gasteiger partial charge is 0.436 e. The van der Waals surface area contributed by atoms with E-state index in [2.05, 4.69) is 15.1 Å². The van der Waals surface area contributed by atoms with E-state index in [1.807, 2.05) is 11.0 Å². The highest BCUT2D eigenvalue weighted by atomic mass is 35.5. The maximum absolute atomic E-state index is 13.6. The van der Waals surface area contributed by atoms with Gasteiger partial charge in [0.2, 0.25) is 0 Å². The third-order valence-electron chi connectivity index (χ3n) is 5.43. The van der Waals surface area contributed by atoms with Crippen molar-refractivity contribution in [1.82, 2.24) is 19.6 Å². The quantitative estimate of drug-likeness (QED) is 0.436. The van der Waals surface area contributed by atoms with Gasteiger partial charge < -0.3 is 4.90 Å². The van der Waals surface area contributed by atoms with Gasteiger partial charge in [0.1, 0.15) is 17.5 Å². The summed E-state index contributed by atoms with van der Waals surface area (Å²) in [5.74, 6) is 0.489. The summed E-state index contributed by atoms with van der Waals surface area (Å²) in [5.41, 5.74) is 0.678. The van der Waals surface area contributed by atoms with Crippen molar-refractivity contribution in [3.05, 3.63) is 52.4 Å². The van der Waals surface area contributed by atoms with E-state index in [1.54, 1.807) is 37.4 Å². The number of pyridine rings is 1. The monoisotopic (exact) mass is 442 g/mol. The van der Waals surface area contributed by atoms with Crippen LogP contribution in [0.15, 0.2) is 30.5 Å². The zero-order valence-corrected chi connectivity index (χ0v) is 17.0. The third kappa shape index (κ3) is 2.98. The van der Waals surface area contributed by atoms with Crippen LogP contribution in [0.2, 0.25) is 5.02 Å². The Hall–Kier alpha value is -3.38. The minimum atomic E-state index is -4.76. The Bertz CT molecular complexity index is 1400. The van der Waals surface area contributed by atoms with Gasteiger partial charge in [-0.05, 0) is 37.1 Å². The second kappa shape index (κ2) is 6.82. The molecule has 1 aliphatic rings. The molecular weight excluding hydrogens is 429 g/mol. The van der Waals surface area contributed by atoms with Crippen LogP contribution in [0.4, 0.5) is 19.0 Å². The Balaban J connectivity index is 1.91. The highest BCUT2D eigenvalue weighted by Gasteiger charge is 2.40. The van der Waals surface area contributed by atoms with Crippen molar-refractivity contribution in [3.63, 3.8) is 0 Å². The molecule has 4 heterocycles. The van der Waals surface area contributed by atoms with Gasteiger partial charge in [-0.3, -0.25) is 4.98 Å². The molecule has 6 nitrogen and oxygen atoms in total. The molecule has 0 radical (unpaired) electrons. The summed E-state index contributed by atoms with van der Waals surface area (Å²) in [5, 5.41) is 14.6. The molecule has 0 unspecified atom stereocenters. The molecule has 0 amide bonds. The Morgan fingerprint density at radius 3 is 2.61 bits per heavy atom. The highest BCUT2D eigenvalue weighted by Crippen LogP contribution is 2.41. The van der Waals surface area contributed by atoms with Gasteiger partial charge in [-0.25, -0.2) is 4.98 Å². The smallest absolute Gasteiger partial charge is 0.356 e. The zero-order chi connectivity index (χ0) is 21.9. The first-order chi connectivity index (χ1) is 14.8. The van der Waals surface area contributed by atoms with Crippen LogP contribution >= 0.6 is 11.6 Å².